The van der Waals surface area contributed by atoms with Crippen LogP contribution in [0.5, 0.6) is 11.5 Å². The number of benzene rings is 3. The Morgan fingerprint density at radius 2 is 1.42 bits per heavy atom. The second-order valence-corrected chi connectivity index (χ2v) is 7.03. The fourth-order valence-corrected chi connectivity index (χ4v) is 3.22. The topological polar surface area (TPSA) is 30.5 Å². The third kappa shape index (κ3) is 6.38. The van der Waals surface area contributed by atoms with Gasteiger partial charge in [-0.3, -0.25) is 0 Å². The van der Waals surface area contributed by atoms with Crippen LogP contribution in [-0.4, -0.2) is 14.2 Å². The maximum absolute atomic E-state index is 5.26. The molecular formula is C28H29NO2. The second-order valence-electron chi connectivity index (χ2n) is 7.03. The summed E-state index contributed by atoms with van der Waals surface area (Å²) in [7, 11) is 3.35. The van der Waals surface area contributed by atoms with Crippen molar-refractivity contribution < 1.29 is 9.47 Å². The molecule has 0 saturated heterocycles. The fourth-order valence-electron chi connectivity index (χ4n) is 3.22. The van der Waals surface area contributed by atoms with Crippen molar-refractivity contribution in [3.8, 4) is 11.5 Å². The molecule has 3 aromatic carbocycles. The number of ether oxygens (including phenoxy) is 2. The first-order chi connectivity index (χ1) is 15.2. The highest BCUT2D eigenvalue weighted by Crippen LogP contribution is 2.26. The zero-order chi connectivity index (χ0) is 21.9. The van der Waals surface area contributed by atoms with Crippen LogP contribution < -0.4 is 14.8 Å². The van der Waals surface area contributed by atoms with E-state index in [9.17, 15) is 0 Å². The summed E-state index contributed by atoms with van der Waals surface area (Å²) in [6.07, 6.45) is 11.3. The van der Waals surface area contributed by atoms with E-state index in [2.05, 4.69) is 60.5 Å². The standard InChI is InChI=1S/C28H29NO2/c1-4-27(24-16-20-26(31-3)21-17-24)29-28-13-9-8-12-23(28)11-7-5-6-10-22-14-18-25(30-2)19-15-22/h4,6-21,27,29H,1,5H2,2-3H3/b10-6+,11-7-/t27-/m0/s1. The van der Waals surface area contributed by atoms with Crippen LogP contribution in [0.3, 0.4) is 0 Å². The van der Waals surface area contributed by atoms with Crippen LogP contribution in [0.4, 0.5) is 5.69 Å². The van der Waals surface area contributed by atoms with Crippen LogP contribution in [0.1, 0.15) is 29.2 Å². The van der Waals surface area contributed by atoms with E-state index < -0.39 is 0 Å². The zero-order valence-corrected chi connectivity index (χ0v) is 18.1. The van der Waals surface area contributed by atoms with Gasteiger partial charge in [0.1, 0.15) is 11.5 Å². The van der Waals surface area contributed by atoms with Crippen LogP contribution in [0.25, 0.3) is 12.2 Å². The summed E-state index contributed by atoms with van der Waals surface area (Å²) in [5.41, 5.74) is 4.50. The van der Waals surface area contributed by atoms with Gasteiger partial charge in [0.2, 0.25) is 0 Å². The van der Waals surface area contributed by atoms with Crippen molar-refractivity contribution in [2.24, 2.45) is 0 Å². The lowest BCUT2D eigenvalue weighted by atomic mass is 10.0. The molecule has 3 heteroatoms. The normalized spacial score (nSPS) is 12.1. The average molecular weight is 412 g/mol. The summed E-state index contributed by atoms with van der Waals surface area (Å²) in [6, 6.07) is 24.4. The van der Waals surface area contributed by atoms with E-state index in [0.29, 0.717) is 0 Å². The molecule has 0 aliphatic carbocycles. The molecule has 3 rings (SSSR count). The van der Waals surface area contributed by atoms with Gasteiger partial charge in [-0.2, -0.15) is 0 Å². The van der Waals surface area contributed by atoms with Crippen molar-refractivity contribution in [1.29, 1.82) is 0 Å². The average Bonchev–Trinajstić information content (AvgIpc) is 2.83. The molecule has 3 aromatic rings. The fraction of sp³-hybridized carbons (Fsp3) is 0.143. The highest BCUT2D eigenvalue weighted by Gasteiger charge is 2.09. The largest absolute Gasteiger partial charge is 0.497 e. The monoisotopic (exact) mass is 411 g/mol. The quantitative estimate of drug-likeness (QED) is 0.359. The van der Waals surface area contributed by atoms with Crippen LogP contribution in [0.2, 0.25) is 0 Å². The van der Waals surface area contributed by atoms with Crippen LogP contribution in [-0.2, 0) is 0 Å². The molecule has 0 unspecified atom stereocenters. The molecule has 0 aromatic heterocycles. The second kappa shape index (κ2) is 11.5. The number of anilines is 1. The molecule has 1 atom stereocenters. The van der Waals surface area contributed by atoms with Gasteiger partial charge < -0.3 is 14.8 Å². The minimum atomic E-state index is 0.00965. The number of allylic oxidation sites excluding steroid dienone is 2. The van der Waals surface area contributed by atoms with Gasteiger partial charge in [0.15, 0.2) is 0 Å². The first-order valence-electron chi connectivity index (χ1n) is 10.3. The van der Waals surface area contributed by atoms with E-state index in [1.165, 1.54) is 0 Å². The van der Waals surface area contributed by atoms with Gasteiger partial charge in [0.25, 0.3) is 0 Å². The molecule has 31 heavy (non-hydrogen) atoms. The lowest BCUT2D eigenvalue weighted by Gasteiger charge is -2.18. The molecule has 158 valence electrons. The molecular weight excluding hydrogens is 382 g/mol. The van der Waals surface area contributed by atoms with E-state index in [1.807, 2.05) is 54.6 Å². The van der Waals surface area contributed by atoms with E-state index in [4.69, 9.17) is 9.47 Å². The molecule has 0 aliphatic heterocycles. The summed E-state index contributed by atoms with van der Waals surface area (Å²) < 4.78 is 10.4. The van der Waals surface area contributed by atoms with Gasteiger partial charge in [-0.15, -0.1) is 6.58 Å². The lowest BCUT2D eigenvalue weighted by molar-refractivity contribution is 0.414. The smallest absolute Gasteiger partial charge is 0.118 e. The Hall–Kier alpha value is -3.72. The number of hydrogen-bond acceptors (Lipinski definition) is 3. The Labute approximate surface area is 185 Å². The lowest BCUT2D eigenvalue weighted by Crippen LogP contribution is -2.08. The zero-order valence-electron chi connectivity index (χ0n) is 18.1. The Bertz CT molecular complexity index is 1020. The Kier molecular flexibility index (Phi) is 8.13. The van der Waals surface area contributed by atoms with Crippen molar-refractivity contribution in [1.82, 2.24) is 0 Å². The molecule has 0 spiro atoms. The van der Waals surface area contributed by atoms with E-state index >= 15 is 0 Å². The van der Waals surface area contributed by atoms with Crippen LogP contribution in [0, 0.1) is 0 Å². The summed E-state index contributed by atoms with van der Waals surface area (Å²) in [5, 5.41) is 3.59. The maximum atomic E-state index is 5.26. The molecule has 3 nitrogen and oxygen atoms in total. The molecule has 0 bridgehead atoms. The number of nitrogens with one attached hydrogen (secondary N) is 1. The van der Waals surface area contributed by atoms with Crippen molar-refractivity contribution >= 4 is 17.8 Å². The predicted octanol–water partition coefficient (Wildman–Crippen LogP) is 7.16. The van der Waals surface area contributed by atoms with Crippen molar-refractivity contribution in [2.45, 2.75) is 12.5 Å². The Morgan fingerprint density at radius 1 is 0.806 bits per heavy atom. The SMILES string of the molecule is C=C[C@H](Nc1ccccc1/C=C\C/C=C/c1ccc(OC)cc1)c1ccc(OC)cc1. The van der Waals surface area contributed by atoms with E-state index in [0.717, 1.165) is 40.3 Å². The van der Waals surface area contributed by atoms with Gasteiger partial charge in [-0.05, 0) is 53.4 Å². The number of hydrogen-bond donors (Lipinski definition) is 1. The van der Waals surface area contributed by atoms with Gasteiger partial charge in [0, 0.05) is 5.69 Å². The van der Waals surface area contributed by atoms with Crippen LogP contribution >= 0.6 is 0 Å². The molecule has 0 saturated carbocycles. The molecule has 0 aliphatic rings. The Morgan fingerprint density at radius 3 is 2.06 bits per heavy atom. The van der Waals surface area contributed by atoms with Gasteiger partial charge in [-0.1, -0.05) is 72.8 Å². The minimum absolute atomic E-state index is 0.00965. The molecule has 0 fully saturated rings. The number of methoxy groups -OCH3 is 2. The summed E-state index contributed by atoms with van der Waals surface area (Å²) in [4.78, 5) is 0. The number of rotatable bonds is 10. The van der Waals surface area contributed by atoms with Gasteiger partial charge in [0.05, 0.1) is 20.3 Å². The minimum Gasteiger partial charge on any atom is -0.497 e. The highest BCUT2D eigenvalue weighted by molar-refractivity contribution is 5.67. The summed E-state index contributed by atoms with van der Waals surface area (Å²) in [5.74, 6) is 1.71. The predicted molar refractivity (Wildman–Crippen MR) is 132 cm³/mol. The van der Waals surface area contributed by atoms with Crippen molar-refractivity contribution in [2.75, 3.05) is 19.5 Å². The third-order valence-corrected chi connectivity index (χ3v) is 4.98. The van der Waals surface area contributed by atoms with Gasteiger partial charge in [-0.25, -0.2) is 0 Å². The molecule has 0 amide bonds. The molecule has 1 N–H and O–H groups in total. The van der Waals surface area contributed by atoms with Gasteiger partial charge >= 0.3 is 0 Å². The van der Waals surface area contributed by atoms with E-state index in [-0.39, 0.29) is 6.04 Å². The number of para-hydroxylation sites is 1. The third-order valence-electron chi connectivity index (χ3n) is 4.98. The maximum Gasteiger partial charge on any atom is 0.118 e. The van der Waals surface area contributed by atoms with Crippen molar-refractivity contribution in [3.05, 3.63) is 114 Å². The van der Waals surface area contributed by atoms with Crippen molar-refractivity contribution in [3.63, 3.8) is 0 Å². The Balaban J connectivity index is 1.64. The van der Waals surface area contributed by atoms with Crippen LogP contribution in [0.15, 0.2) is 97.6 Å². The summed E-state index contributed by atoms with van der Waals surface area (Å²) in [6.45, 7) is 4.00. The first-order valence-corrected chi connectivity index (χ1v) is 10.3. The molecule has 0 heterocycles. The molecule has 0 radical (unpaired) electrons. The highest BCUT2D eigenvalue weighted by atomic mass is 16.5. The first kappa shape index (κ1) is 22.0. The van der Waals surface area contributed by atoms with E-state index in [1.54, 1.807) is 14.2 Å². The summed E-state index contributed by atoms with van der Waals surface area (Å²) >= 11 is 0.